The molecule has 1 unspecified atom stereocenters. The van der Waals surface area contributed by atoms with Crippen LogP contribution in [0.3, 0.4) is 0 Å². The molecule has 0 saturated carbocycles. The Balaban J connectivity index is 2.62. The second-order valence-electron chi connectivity index (χ2n) is 3.66. The van der Waals surface area contributed by atoms with Gasteiger partial charge in [-0.3, -0.25) is 4.79 Å². The second-order valence-corrected chi connectivity index (χ2v) is 4.41. The topological polar surface area (TPSA) is 73.8 Å². The van der Waals surface area contributed by atoms with E-state index >= 15 is 0 Å². The SMILES string of the molecule is CC(CN)CCC(=O)c1c(Br)nnn1C. The maximum atomic E-state index is 11.8. The Morgan fingerprint density at radius 1 is 1.67 bits per heavy atom. The largest absolute Gasteiger partial charge is 0.330 e. The van der Waals surface area contributed by atoms with E-state index in [2.05, 4.69) is 26.2 Å². The Labute approximate surface area is 97.2 Å². The predicted octanol–water partition coefficient (Wildman–Crippen LogP) is 1.14. The number of rotatable bonds is 5. The van der Waals surface area contributed by atoms with Crippen LogP contribution in [-0.4, -0.2) is 27.3 Å². The van der Waals surface area contributed by atoms with Crippen LogP contribution in [-0.2, 0) is 7.05 Å². The summed E-state index contributed by atoms with van der Waals surface area (Å²) in [6.45, 7) is 2.64. The zero-order chi connectivity index (χ0) is 11.4. The van der Waals surface area contributed by atoms with Crippen molar-refractivity contribution in [2.75, 3.05) is 6.54 Å². The normalized spacial score (nSPS) is 12.8. The Hall–Kier alpha value is -0.750. The summed E-state index contributed by atoms with van der Waals surface area (Å²) in [6, 6.07) is 0. The maximum Gasteiger partial charge on any atom is 0.183 e. The molecule has 1 heterocycles. The van der Waals surface area contributed by atoms with Crippen molar-refractivity contribution in [3.63, 3.8) is 0 Å². The van der Waals surface area contributed by atoms with Crippen molar-refractivity contribution < 1.29 is 4.79 Å². The van der Waals surface area contributed by atoms with Gasteiger partial charge in [0, 0.05) is 13.5 Å². The number of aryl methyl sites for hydroxylation is 1. The quantitative estimate of drug-likeness (QED) is 0.818. The van der Waals surface area contributed by atoms with E-state index in [1.54, 1.807) is 7.05 Å². The Bertz CT molecular complexity index is 330. The predicted molar refractivity (Wildman–Crippen MR) is 60.5 cm³/mol. The lowest BCUT2D eigenvalue weighted by Crippen LogP contribution is -2.14. The minimum atomic E-state index is 0.0506. The van der Waals surface area contributed by atoms with Crippen LogP contribution in [0.4, 0.5) is 0 Å². The van der Waals surface area contributed by atoms with E-state index in [4.69, 9.17) is 5.73 Å². The average Bonchev–Trinajstić information content (AvgIpc) is 2.54. The third-order valence-corrected chi connectivity index (χ3v) is 2.85. The van der Waals surface area contributed by atoms with Crippen molar-refractivity contribution in [3.8, 4) is 0 Å². The van der Waals surface area contributed by atoms with Crippen LogP contribution in [0.25, 0.3) is 0 Å². The van der Waals surface area contributed by atoms with Crippen LogP contribution >= 0.6 is 15.9 Å². The lowest BCUT2D eigenvalue weighted by atomic mass is 10.0. The van der Waals surface area contributed by atoms with Crippen LogP contribution in [0.5, 0.6) is 0 Å². The molecular formula is C9H15BrN4O. The van der Waals surface area contributed by atoms with Gasteiger partial charge >= 0.3 is 0 Å². The molecule has 0 radical (unpaired) electrons. The summed E-state index contributed by atoms with van der Waals surface area (Å²) in [6.07, 6.45) is 1.28. The fourth-order valence-electron chi connectivity index (χ4n) is 1.24. The van der Waals surface area contributed by atoms with Crippen molar-refractivity contribution >= 4 is 21.7 Å². The minimum absolute atomic E-state index is 0.0506. The summed E-state index contributed by atoms with van der Waals surface area (Å²) in [7, 11) is 1.71. The molecule has 0 aliphatic heterocycles. The van der Waals surface area contributed by atoms with Gasteiger partial charge in [0.25, 0.3) is 0 Å². The van der Waals surface area contributed by atoms with E-state index in [0.717, 1.165) is 6.42 Å². The average molecular weight is 275 g/mol. The Kier molecular flexibility index (Phi) is 4.41. The zero-order valence-electron chi connectivity index (χ0n) is 8.90. The standard InChI is InChI=1S/C9H15BrN4O/c1-6(5-11)3-4-7(15)8-9(10)12-13-14(8)2/h6H,3-5,11H2,1-2H3. The number of hydrogen-bond donors (Lipinski definition) is 1. The number of carbonyl (C=O) groups is 1. The number of carbonyl (C=O) groups excluding carboxylic acids is 1. The molecule has 1 aromatic rings. The first-order valence-corrected chi connectivity index (χ1v) is 5.64. The van der Waals surface area contributed by atoms with Crippen molar-refractivity contribution in [3.05, 3.63) is 10.3 Å². The first-order chi connectivity index (χ1) is 7.06. The number of halogens is 1. The molecule has 1 rings (SSSR count). The molecule has 0 fully saturated rings. The molecule has 15 heavy (non-hydrogen) atoms. The van der Waals surface area contributed by atoms with E-state index in [9.17, 15) is 4.79 Å². The molecule has 0 aliphatic rings. The van der Waals surface area contributed by atoms with Gasteiger partial charge in [-0.2, -0.15) is 0 Å². The molecular weight excluding hydrogens is 260 g/mol. The van der Waals surface area contributed by atoms with Gasteiger partial charge in [0.1, 0.15) is 5.69 Å². The smallest absolute Gasteiger partial charge is 0.183 e. The third-order valence-electron chi connectivity index (χ3n) is 2.32. The summed E-state index contributed by atoms with van der Waals surface area (Å²) in [5, 5.41) is 7.53. The number of Topliss-reactive ketones (excluding diaryl/α,β-unsaturated/α-hetero) is 1. The van der Waals surface area contributed by atoms with Crippen LogP contribution in [0, 0.1) is 5.92 Å². The highest BCUT2D eigenvalue weighted by Crippen LogP contribution is 2.16. The third kappa shape index (κ3) is 3.10. The Morgan fingerprint density at radius 2 is 2.33 bits per heavy atom. The van der Waals surface area contributed by atoms with E-state index < -0.39 is 0 Å². The van der Waals surface area contributed by atoms with Crippen molar-refractivity contribution in [2.45, 2.75) is 19.8 Å². The minimum Gasteiger partial charge on any atom is -0.330 e. The highest BCUT2D eigenvalue weighted by Gasteiger charge is 2.16. The molecule has 0 bridgehead atoms. The van der Waals surface area contributed by atoms with Gasteiger partial charge < -0.3 is 5.73 Å². The van der Waals surface area contributed by atoms with Crippen LogP contribution < -0.4 is 5.73 Å². The molecule has 0 aliphatic carbocycles. The van der Waals surface area contributed by atoms with Gasteiger partial charge in [0.05, 0.1) is 0 Å². The lowest BCUT2D eigenvalue weighted by molar-refractivity contribution is 0.0965. The molecule has 6 heteroatoms. The molecule has 1 aromatic heterocycles. The number of hydrogen-bond acceptors (Lipinski definition) is 4. The molecule has 84 valence electrons. The Morgan fingerprint density at radius 3 is 2.80 bits per heavy atom. The lowest BCUT2D eigenvalue weighted by Gasteiger charge is -2.06. The fraction of sp³-hybridized carbons (Fsp3) is 0.667. The summed E-state index contributed by atoms with van der Waals surface area (Å²) in [5.41, 5.74) is 6.01. The molecule has 0 spiro atoms. The van der Waals surface area contributed by atoms with Gasteiger partial charge in [-0.15, -0.1) is 5.10 Å². The molecule has 5 nitrogen and oxygen atoms in total. The molecule has 2 N–H and O–H groups in total. The summed E-state index contributed by atoms with van der Waals surface area (Å²) in [4.78, 5) is 11.8. The molecule has 0 amide bonds. The van der Waals surface area contributed by atoms with E-state index in [0.29, 0.717) is 29.2 Å². The number of nitrogens with two attached hydrogens (primary N) is 1. The maximum absolute atomic E-state index is 11.8. The van der Waals surface area contributed by atoms with Gasteiger partial charge in [0.2, 0.25) is 0 Å². The molecule has 0 aromatic carbocycles. The second kappa shape index (κ2) is 5.37. The van der Waals surface area contributed by atoms with Gasteiger partial charge in [0.15, 0.2) is 10.4 Å². The fourth-order valence-corrected chi connectivity index (χ4v) is 1.79. The molecule has 0 saturated heterocycles. The van der Waals surface area contributed by atoms with Crippen LogP contribution in [0.1, 0.15) is 30.3 Å². The first-order valence-electron chi connectivity index (χ1n) is 4.84. The van der Waals surface area contributed by atoms with Gasteiger partial charge in [-0.25, -0.2) is 4.68 Å². The number of nitrogens with zero attached hydrogens (tertiary/aromatic N) is 3. The van der Waals surface area contributed by atoms with Crippen molar-refractivity contribution in [2.24, 2.45) is 18.7 Å². The first kappa shape index (κ1) is 12.3. The number of ketones is 1. The summed E-state index contributed by atoms with van der Waals surface area (Å²) < 4.78 is 2.00. The highest BCUT2D eigenvalue weighted by atomic mass is 79.9. The zero-order valence-corrected chi connectivity index (χ0v) is 10.5. The molecule has 1 atom stereocenters. The van der Waals surface area contributed by atoms with E-state index in [1.807, 2.05) is 6.92 Å². The van der Waals surface area contributed by atoms with Crippen LogP contribution in [0.2, 0.25) is 0 Å². The summed E-state index contributed by atoms with van der Waals surface area (Å²) >= 11 is 3.20. The van der Waals surface area contributed by atoms with Crippen LogP contribution in [0.15, 0.2) is 4.60 Å². The van der Waals surface area contributed by atoms with Gasteiger partial charge in [-0.05, 0) is 34.8 Å². The van der Waals surface area contributed by atoms with Crippen molar-refractivity contribution in [1.82, 2.24) is 15.0 Å². The van der Waals surface area contributed by atoms with Crippen molar-refractivity contribution in [1.29, 1.82) is 0 Å². The monoisotopic (exact) mass is 274 g/mol. The highest BCUT2D eigenvalue weighted by molar-refractivity contribution is 9.10. The van der Waals surface area contributed by atoms with Gasteiger partial charge in [-0.1, -0.05) is 12.1 Å². The van der Waals surface area contributed by atoms with E-state index in [1.165, 1.54) is 4.68 Å². The number of aromatic nitrogens is 3. The van der Waals surface area contributed by atoms with E-state index in [-0.39, 0.29) is 5.78 Å². The summed E-state index contributed by atoms with van der Waals surface area (Å²) in [5.74, 6) is 0.420.